The fraction of sp³-hybridized carbons (Fsp3) is 0.600. The van der Waals surface area contributed by atoms with E-state index in [2.05, 4.69) is 38.2 Å². The summed E-state index contributed by atoms with van der Waals surface area (Å²) < 4.78 is 5.65. The molecular weight excluding hydrogens is 224 g/mol. The Kier molecular flexibility index (Phi) is 6.16. The summed E-state index contributed by atoms with van der Waals surface area (Å²) in [7, 11) is 0. The summed E-state index contributed by atoms with van der Waals surface area (Å²) in [5.41, 5.74) is 7.76. The maximum Gasteiger partial charge on any atom is 0.0598 e. The van der Waals surface area contributed by atoms with Crippen molar-refractivity contribution in [1.82, 2.24) is 5.32 Å². The van der Waals surface area contributed by atoms with Gasteiger partial charge in [0.15, 0.2) is 0 Å². The summed E-state index contributed by atoms with van der Waals surface area (Å²) >= 11 is 0. The van der Waals surface area contributed by atoms with Crippen molar-refractivity contribution in [3.8, 4) is 0 Å². The quantitative estimate of drug-likeness (QED) is 0.577. The Hall–Kier alpha value is -1.06. The van der Waals surface area contributed by atoms with Gasteiger partial charge in [0.2, 0.25) is 0 Å². The summed E-state index contributed by atoms with van der Waals surface area (Å²) in [6.45, 7) is 9.08. The van der Waals surface area contributed by atoms with Gasteiger partial charge in [0.05, 0.1) is 5.60 Å². The summed E-state index contributed by atoms with van der Waals surface area (Å²) in [5.74, 6) is 0. The lowest BCUT2D eigenvalue weighted by molar-refractivity contribution is -0.00374. The minimum absolute atomic E-state index is 0.0238. The molecule has 0 aliphatic heterocycles. The van der Waals surface area contributed by atoms with Gasteiger partial charge < -0.3 is 15.8 Å². The standard InChI is InChI=1S/C15H26N2O/c1-15(2,3)18-12-4-10-17-11-9-13-5-7-14(16)8-6-13/h5-8,17H,4,9-12,16H2,1-3H3. The fourth-order valence-corrected chi connectivity index (χ4v) is 1.62. The van der Waals surface area contributed by atoms with Gasteiger partial charge in [-0.2, -0.15) is 0 Å². The number of nitrogens with one attached hydrogen (secondary N) is 1. The Labute approximate surface area is 111 Å². The molecule has 0 bridgehead atoms. The largest absolute Gasteiger partial charge is 0.399 e. The molecule has 0 aromatic heterocycles. The summed E-state index contributed by atoms with van der Waals surface area (Å²) in [6.07, 6.45) is 2.10. The van der Waals surface area contributed by atoms with Gasteiger partial charge in [0, 0.05) is 12.3 Å². The van der Waals surface area contributed by atoms with Crippen LogP contribution in [0.4, 0.5) is 5.69 Å². The van der Waals surface area contributed by atoms with Crippen molar-refractivity contribution >= 4 is 5.69 Å². The van der Waals surface area contributed by atoms with Crippen LogP contribution in [0.1, 0.15) is 32.8 Å². The highest BCUT2D eigenvalue weighted by atomic mass is 16.5. The van der Waals surface area contributed by atoms with Crippen molar-refractivity contribution in [2.45, 2.75) is 39.2 Å². The lowest BCUT2D eigenvalue weighted by Gasteiger charge is -2.19. The SMILES string of the molecule is CC(C)(C)OCCCNCCc1ccc(N)cc1. The highest BCUT2D eigenvalue weighted by Crippen LogP contribution is 2.07. The maximum atomic E-state index is 5.65. The van der Waals surface area contributed by atoms with E-state index in [1.807, 2.05) is 12.1 Å². The Bertz CT molecular complexity index is 327. The van der Waals surface area contributed by atoms with Gasteiger partial charge in [-0.15, -0.1) is 0 Å². The van der Waals surface area contributed by atoms with Crippen molar-refractivity contribution in [2.24, 2.45) is 0 Å². The molecule has 1 rings (SSSR count). The van der Waals surface area contributed by atoms with Gasteiger partial charge in [-0.1, -0.05) is 12.1 Å². The van der Waals surface area contributed by atoms with E-state index in [0.717, 1.165) is 38.2 Å². The maximum absolute atomic E-state index is 5.65. The Morgan fingerprint density at radius 3 is 2.39 bits per heavy atom. The summed E-state index contributed by atoms with van der Waals surface area (Å²) in [5, 5.41) is 3.42. The van der Waals surface area contributed by atoms with Crippen LogP contribution < -0.4 is 11.1 Å². The highest BCUT2D eigenvalue weighted by Gasteiger charge is 2.08. The smallest absolute Gasteiger partial charge is 0.0598 e. The molecule has 0 radical (unpaired) electrons. The molecule has 0 fully saturated rings. The van der Waals surface area contributed by atoms with Gasteiger partial charge in [-0.3, -0.25) is 0 Å². The van der Waals surface area contributed by atoms with E-state index in [9.17, 15) is 0 Å². The van der Waals surface area contributed by atoms with Crippen LogP contribution in [-0.4, -0.2) is 25.3 Å². The van der Waals surface area contributed by atoms with E-state index in [0.29, 0.717) is 0 Å². The van der Waals surface area contributed by atoms with Gasteiger partial charge >= 0.3 is 0 Å². The van der Waals surface area contributed by atoms with Crippen LogP contribution in [0, 0.1) is 0 Å². The normalized spacial score (nSPS) is 11.7. The highest BCUT2D eigenvalue weighted by molar-refractivity contribution is 5.39. The third-order valence-corrected chi connectivity index (χ3v) is 2.60. The van der Waals surface area contributed by atoms with Crippen molar-refractivity contribution in [2.75, 3.05) is 25.4 Å². The first-order valence-electron chi connectivity index (χ1n) is 6.66. The molecular formula is C15H26N2O. The summed E-state index contributed by atoms with van der Waals surface area (Å²) in [6, 6.07) is 8.07. The molecule has 1 aromatic carbocycles. The molecule has 0 heterocycles. The predicted octanol–water partition coefficient (Wildman–Crippen LogP) is 2.61. The first-order valence-corrected chi connectivity index (χ1v) is 6.66. The second-order valence-corrected chi connectivity index (χ2v) is 5.56. The number of nitrogen functional groups attached to an aromatic ring is 1. The van der Waals surface area contributed by atoms with E-state index < -0.39 is 0 Å². The second-order valence-electron chi connectivity index (χ2n) is 5.56. The van der Waals surface area contributed by atoms with Gasteiger partial charge in [-0.05, 0) is 64.4 Å². The molecule has 0 unspecified atom stereocenters. The number of benzene rings is 1. The molecule has 0 aliphatic rings. The molecule has 0 atom stereocenters. The van der Waals surface area contributed by atoms with Gasteiger partial charge in [0.25, 0.3) is 0 Å². The molecule has 0 aliphatic carbocycles. The Balaban J connectivity index is 2.00. The number of hydrogen-bond acceptors (Lipinski definition) is 3. The zero-order valence-corrected chi connectivity index (χ0v) is 11.8. The predicted molar refractivity (Wildman–Crippen MR) is 77.8 cm³/mol. The average molecular weight is 250 g/mol. The molecule has 0 saturated carbocycles. The van der Waals surface area contributed by atoms with Gasteiger partial charge in [0.1, 0.15) is 0 Å². The molecule has 0 spiro atoms. The number of anilines is 1. The molecule has 3 heteroatoms. The Morgan fingerprint density at radius 2 is 1.78 bits per heavy atom. The van der Waals surface area contributed by atoms with E-state index in [-0.39, 0.29) is 5.60 Å². The van der Waals surface area contributed by atoms with Crippen LogP contribution >= 0.6 is 0 Å². The van der Waals surface area contributed by atoms with Crippen LogP contribution in [0.25, 0.3) is 0 Å². The van der Waals surface area contributed by atoms with Crippen LogP contribution in [0.2, 0.25) is 0 Å². The van der Waals surface area contributed by atoms with Crippen LogP contribution in [-0.2, 0) is 11.2 Å². The monoisotopic (exact) mass is 250 g/mol. The van der Waals surface area contributed by atoms with E-state index >= 15 is 0 Å². The molecule has 102 valence electrons. The molecule has 3 nitrogen and oxygen atoms in total. The third-order valence-electron chi connectivity index (χ3n) is 2.60. The zero-order chi connectivity index (χ0) is 13.4. The molecule has 1 aromatic rings. The fourth-order valence-electron chi connectivity index (χ4n) is 1.62. The van der Waals surface area contributed by atoms with Crippen molar-refractivity contribution in [1.29, 1.82) is 0 Å². The van der Waals surface area contributed by atoms with Crippen molar-refractivity contribution < 1.29 is 4.74 Å². The van der Waals surface area contributed by atoms with Crippen molar-refractivity contribution in [3.05, 3.63) is 29.8 Å². The van der Waals surface area contributed by atoms with Crippen molar-refractivity contribution in [3.63, 3.8) is 0 Å². The number of hydrogen-bond donors (Lipinski definition) is 2. The lowest BCUT2D eigenvalue weighted by atomic mass is 10.1. The van der Waals surface area contributed by atoms with Crippen LogP contribution in [0.15, 0.2) is 24.3 Å². The third kappa shape index (κ3) is 7.30. The summed E-state index contributed by atoms with van der Waals surface area (Å²) in [4.78, 5) is 0. The first-order chi connectivity index (χ1) is 8.47. The number of ether oxygens (including phenoxy) is 1. The minimum atomic E-state index is -0.0238. The molecule has 0 amide bonds. The number of nitrogens with two attached hydrogens (primary N) is 1. The first kappa shape index (κ1) is 15.0. The molecule has 0 saturated heterocycles. The molecule has 18 heavy (non-hydrogen) atoms. The minimum Gasteiger partial charge on any atom is -0.399 e. The van der Waals surface area contributed by atoms with Crippen LogP contribution in [0.5, 0.6) is 0 Å². The van der Waals surface area contributed by atoms with E-state index in [4.69, 9.17) is 10.5 Å². The Morgan fingerprint density at radius 1 is 1.11 bits per heavy atom. The van der Waals surface area contributed by atoms with E-state index in [1.165, 1.54) is 5.56 Å². The average Bonchev–Trinajstić information content (AvgIpc) is 2.29. The zero-order valence-electron chi connectivity index (χ0n) is 11.8. The molecule has 3 N–H and O–H groups in total. The van der Waals surface area contributed by atoms with Gasteiger partial charge in [-0.25, -0.2) is 0 Å². The van der Waals surface area contributed by atoms with Crippen LogP contribution in [0.3, 0.4) is 0 Å². The number of rotatable bonds is 7. The van der Waals surface area contributed by atoms with E-state index in [1.54, 1.807) is 0 Å². The lowest BCUT2D eigenvalue weighted by Crippen LogP contribution is -2.23. The second kappa shape index (κ2) is 7.39. The topological polar surface area (TPSA) is 47.3 Å².